The molecule has 1 unspecified atom stereocenters. The van der Waals surface area contributed by atoms with Crippen LogP contribution >= 0.6 is 0 Å². The Bertz CT molecular complexity index is 512. The number of carbonyl (C=O) groups excluding carboxylic acids is 2. The van der Waals surface area contributed by atoms with E-state index in [0.717, 1.165) is 31.7 Å². The van der Waals surface area contributed by atoms with Gasteiger partial charge in [-0.3, -0.25) is 9.59 Å². The van der Waals surface area contributed by atoms with Crippen molar-refractivity contribution >= 4 is 12.2 Å². The van der Waals surface area contributed by atoms with Gasteiger partial charge in [-0.1, -0.05) is 19.3 Å². The molecule has 1 saturated carbocycles. The first-order valence-electron chi connectivity index (χ1n) is 7.32. The highest BCUT2D eigenvalue weighted by Crippen LogP contribution is 2.20. The molecule has 1 aliphatic rings. The lowest BCUT2D eigenvalue weighted by Crippen LogP contribution is -2.43. The first kappa shape index (κ1) is 15.5. The van der Waals surface area contributed by atoms with Gasteiger partial charge in [0.25, 0.3) is 5.91 Å². The molecule has 1 aromatic rings. The Labute approximate surface area is 123 Å². The highest BCUT2D eigenvalue weighted by Gasteiger charge is 2.21. The summed E-state index contributed by atoms with van der Waals surface area (Å²) in [6.45, 7) is 1.62. The number of nitrogens with one attached hydrogen (secondary N) is 1. The third-order valence-corrected chi connectivity index (χ3v) is 3.72. The molecule has 0 heterocycles. The fourth-order valence-corrected chi connectivity index (χ4v) is 2.53. The summed E-state index contributed by atoms with van der Waals surface area (Å²) in [5.41, 5.74) is 0.104. The van der Waals surface area contributed by atoms with Gasteiger partial charge in [-0.15, -0.1) is 0 Å². The van der Waals surface area contributed by atoms with Crippen molar-refractivity contribution in [3.05, 3.63) is 29.6 Å². The van der Waals surface area contributed by atoms with Crippen molar-refractivity contribution in [1.29, 1.82) is 0 Å². The fraction of sp³-hybridized carbons (Fsp3) is 0.500. The molecule has 114 valence electrons. The molecule has 1 N–H and O–H groups in total. The van der Waals surface area contributed by atoms with Crippen LogP contribution in [0.1, 0.15) is 49.4 Å². The zero-order valence-electron chi connectivity index (χ0n) is 12.1. The maximum atomic E-state index is 13.0. The molecular weight excluding hydrogens is 273 g/mol. The molecule has 2 rings (SSSR count). The molecule has 0 saturated heterocycles. The predicted octanol–water partition coefficient (Wildman–Crippen LogP) is 2.85. The smallest absolute Gasteiger partial charge is 0.260 e. The quantitative estimate of drug-likeness (QED) is 0.849. The van der Waals surface area contributed by atoms with E-state index in [9.17, 15) is 14.0 Å². The van der Waals surface area contributed by atoms with E-state index < -0.39 is 11.9 Å². The number of carbonyl (C=O) groups is 2. The highest BCUT2D eigenvalue weighted by atomic mass is 19.1. The van der Waals surface area contributed by atoms with Crippen LogP contribution in [0.4, 0.5) is 4.39 Å². The zero-order chi connectivity index (χ0) is 15.2. The summed E-state index contributed by atoms with van der Waals surface area (Å²) in [6.07, 6.45) is 5.27. The van der Waals surface area contributed by atoms with Crippen LogP contribution in [0.3, 0.4) is 0 Å². The fourth-order valence-electron chi connectivity index (χ4n) is 2.53. The first-order chi connectivity index (χ1) is 10.1. The van der Waals surface area contributed by atoms with Gasteiger partial charge in [-0.2, -0.15) is 0 Å². The van der Waals surface area contributed by atoms with E-state index in [1.54, 1.807) is 6.92 Å². The molecule has 1 fully saturated rings. The van der Waals surface area contributed by atoms with Crippen LogP contribution in [0, 0.1) is 5.82 Å². The monoisotopic (exact) mass is 293 g/mol. The first-order valence-corrected chi connectivity index (χ1v) is 7.32. The van der Waals surface area contributed by atoms with Crippen molar-refractivity contribution in [3.63, 3.8) is 0 Å². The second-order valence-electron chi connectivity index (χ2n) is 5.40. The number of amides is 1. The topological polar surface area (TPSA) is 55.4 Å². The molecule has 1 aliphatic carbocycles. The molecule has 5 heteroatoms. The molecular formula is C16H20FNO3. The van der Waals surface area contributed by atoms with Gasteiger partial charge in [0.1, 0.15) is 11.6 Å². The molecule has 1 amide bonds. The molecule has 0 bridgehead atoms. The van der Waals surface area contributed by atoms with E-state index in [1.165, 1.54) is 18.6 Å². The minimum absolute atomic E-state index is 0.104. The van der Waals surface area contributed by atoms with Gasteiger partial charge >= 0.3 is 0 Å². The van der Waals surface area contributed by atoms with Gasteiger partial charge in [0, 0.05) is 6.04 Å². The van der Waals surface area contributed by atoms with Gasteiger partial charge in [0.05, 0.1) is 5.56 Å². The van der Waals surface area contributed by atoms with E-state index in [0.29, 0.717) is 6.29 Å². The van der Waals surface area contributed by atoms with Crippen molar-refractivity contribution in [2.75, 3.05) is 0 Å². The summed E-state index contributed by atoms with van der Waals surface area (Å²) in [6, 6.07) is 3.86. The number of benzene rings is 1. The minimum Gasteiger partial charge on any atom is -0.480 e. The van der Waals surface area contributed by atoms with Crippen molar-refractivity contribution < 1.29 is 18.7 Å². The van der Waals surface area contributed by atoms with Gasteiger partial charge < -0.3 is 10.1 Å². The number of halogens is 1. The van der Waals surface area contributed by atoms with Gasteiger partial charge in [0.2, 0.25) is 0 Å². The van der Waals surface area contributed by atoms with Crippen LogP contribution in [0.15, 0.2) is 18.2 Å². The Morgan fingerprint density at radius 1 is 1.38 bits per heavy atom. The van der Waals surface area contributed by atoms with Crippen LogP contribution in [0.25, 0.3) is 0 Å². The van der Waals surface area contributed by atoms with Crippen LogP contribution in [0.5, 0.6) is 5.75 Å². The summed E-state index contributed by atoms with van der Waals surface area (Å²) in [4.78, 5) is 23.0. The number of aldehydes is 1. The third kappa shape index (κ3) is 4.28. The van der Waals surface area contributed by atoms with Gasteiger partial charge in [-0.05, 0) is 38.0 Å². The van der Waals surface area contributed by atoms with Crippen molar-refractivity contribution in [3.8, 4) is 5.75 Å². The Balaban J connectivity index is 1.95. The molecule has 0 spiro atoms. The molecule has 0 aliphatic heterocycles. The summed E-state index contributed by atoms with van der Waals surface area (Å²) in [5, 5.41) is 2.96. The Hall–Kier alpha value is -1.91. The van der Waals surface area contributed by atoms with Gasteiger partial charge in [0.15, 0.2) is 12.4 Å². The Kier molecular flexibility index (Phi) is 5.31. The number of rotatable bonds is 5. The normalized spacial score (nSPS) is 17.0. The summed E-state index contributed by atoms with van der Waals surface area (Å²) in [5.74, 6) is -0.496. The molecule has 1 aromatic carbocycles. The van der Waals surface area contributed by atoms with Crippen LogP contribution < -0.4 is 10.1 Å². The number of hydrogen-bond donors (Lipinski definition) is 1. The van der Waals surface area contributed by atoms with E-state index >= 15 is 0 Å². The largest absolute Gasteiger partial charge is 0.480 e. The summed E-state index contributed by atoms with van der Waals surface area (Å²) in [7, 11) is 0. The second-order valence-corrected chi connectivity index (χ2v) is 5.40. The average molecular weight is 293 g/mol. The Morgan fingerprint density at radius 3 is 2.76 bits per heavy atom. The van der Waals surface area contributed by atoms with Crippen molar-refractivity contribution in [2.45, 2.75) is 51.2 Å². The van der Waals surface area contributed by atoms with E-state index in [1.807, 2.05) is 0 Å². The van der Waals surface area contributed by atoms with E-state index in [4.69, 9.17) is 4.74 Å². The summed E-state index contributed by atoms with van der Waals surface area (Å²) < 4.78 is 18.5. The number of hydrogen-bond acceptors (Lipinski definition) is 3. The zero-order valence-corrected chi connectivity index (χ0v) is 12.1. The highest BCUT2D eigenvalue weighted by molar-refractivity contribution is 5.82. The van der Waals surface area contributed by atoms with Gasteiger partial charge in [-0.25, -0.2) is 4.39 Å². The average Bonchev–Trinajstić information content (AvgIpc) is 2.49. The van der Waals surface area contributed by atoms with E-state index in [-0.39, 0.29) is 23.3 Å². The van der Waals surface area contributed by atoms with Crippen LogP contribution in [0.2, 0.25) is 0 Å². The third-order valence-electron chi connectivity index (χ3n) is 3.72. The lowest BCUT2D eigenvalue weighted by molar-refractivity contribution is -0.128. The van der Waals surface area contributed by atoms with E-state index in [2.05, 4.69) is 5.32 Å². The maximum absolute atomic E-state index is 13.0. The minimum atomic E-state index is -0.726. The molecule has 4 nitrogen and oxygen atoms in total. The van der Waals surface area contributed by atoms with Crippen molar-refractivity contribution in [2.24, 2.45) is 0 Å². The Morgan fingerprint density at radius 2 is 2.10 bits per heavy atom. The lowest BCUT2D eigenvalue weighted by atomic mass is 9.95. The standard InChI is InChI=1S/C16H20FNO3/c1-11(16(20)18-14-5-3-2-4-6-14)21-15-8-7-13(17)9-12(15)10-19/h7-11,14H,2-6H2,1H3,(H,18,20). The molecule has 0 aromatic heterocycles. The predicted molar refractivity (Wildman–Crippen MR) is 76.9 cm³/mol. The number of ether oxygens (including phenoxy) is 1. The second kappa shape index (κ2) is 7.20. The molecule has 21 heavy (non-hydrogen) atoms. The lowest BCUT2D eigenvalue weighted by Gasteiger charge is -2.24. The molecule has 1 atom stereocenters. The van der Waals surface area contributed by atoms with Crippen LogP contribution in [-0.2, 0) is 4.79 Å². The van der Waals surface area contributed by atoms with Crippen LogP contribution in [-0.4, -0.2) is 24.3 Å². The van der Waals surface area contributed by atoms with Crippen molar-refractivity contribution in [1.82, 2.24) is 5.32 Å². The summed E-state index contributed by atoms with van der Waals surface area (Å²) >= 11 is 0. The SMILES string of the molecule is CC(Oc1ccc(F)cc1C=O)C(=O)NC1CCCCC1. The maximum Gasteiger partial charge on any atom is 0.260 e. The molecule has 0 radical (unpaired) electrons.